The molecule has 98 valence electrons. The Labute approximate surface area is 111 Å². The minimum atomic E-state index is -0.547. The normalized spacial score (nSPS) is 22.9. The third kappa shape index (κ3) is 3.35. The van der Waals surface area contributed by atoms with Gasteiger partial charge in [0, 0.05) is 11.3 Å². The first-order valence-electron chi connectivity index (χ1n) is 6.20. The van der Waals surface area contributed by atoms with Crippen LogP contribution < -0.4 is 11.1 Å². The van der Waals surface area contributed by atoms with Gasteiger partial charge in [-0.15, -0.1) is 10.2 Å². The van der Waals surface area contributed by atoms with Crippen LogP contribution in [0.2, 0.25) is 0 Å². The lowest BCUT2D eigenvalue weighted by atomic mass is 10.2. The molecule has 0 bridgehead atoms. The zero-order chi connectivity index (χ0) is 13.0. The smallest absolute Gasteiger partial charge is 0.269 e. The van der Waals surface area contributed by atoms with Crippen LogP contribution in [0.1, 0.15) is 36.7 Å². The number of anilines is 1. The highest BCUT2D eigenvalue weighted by Gasteiger charge is 2.24. The number of aromatic nitrogens is 2. The first kappa shape index (κ1) is 13.1. The lowest BCUT2D eigenvalue weighted by molar-refractivity contribution is 0.0994. The van der Waals surface area contributed by atoms with E-state index in [1.807, 2.05) is 11.8 Å². The Balaban J connectivity index is 1.88. The highest BCUT2D eigenvalue weighted by atomic mass is 32.2. The number of rotatable bonds is 5. The van der Waals surface area contributed by atoms with Crippen LogP contribution in [0.25, 0.3) is 0 Å². The molecule has 0 aromatic carbocycles. The summed E-state index contributed by atoms with van der Waals surface area (Å²) in [5.74, 6) is 1.34. The molecule has 0 radical (unpaired) electrons. The largest absolute Gasteiger partial charge is 0.366 e. The molecule has 0 spiro atoms. The topological polar surface area (TPSA) is 80.9 Å². The molecule has 1 aliphatic rings. The molecule has 1 fully saturated rings. The van der Waals surface area contributed by atoms with Crippen molar-refractivity contribution in [3.63, 3.8) is 0 Å². The number of nitrogens with one attached hydrogen (secondary N) is 1. The number of carbonyl (C=O) groups is 1. The van der Waals surface area contributed by atoms with Crippen LogP contribution >= 0.6 is 11.8 Å². The van der Waals surface area contributed by atoms with Gasteiger partial charge in [-0.25, -0.2) is 0 Å². The van der Waals surface area contributed by atoms with Gasteiger partial charge in [-0.1, -0.05) is 6.92 Å². The van der Waals surface area contributed by atoms with Gasteiger partial charge in [0.2, 0.25) is 0 Å². The highest BCUT2D eigenvalue weighted by molar-refractivity contribution is 7.99. The second-order valence-electron chi connectivity index (χ2n) is 4.40. The number of nitrogens with zero attached hydrogens (tertiary/aromatic N) is 2. The van der Waals surface area contributed by atoms with E-state index in [0.717, 1.165) is 18.1 Å². The Morgan fingerprint density at radius 1 is 1.50 bits per heavy atom. The number of primary amides is 1. The summed E-state index contributed by atoms with van der Waals surface area (Å²) in [6, 6.07) is 3.82. The Morgan fingerprint density at radius 2 is 2.33 bits per heavy atom. The average molecular weight is 266 g/mol. The van der Waals surface area contributed by atoms with E-state index in [-0.39, 0.29) is 5.69 Å². The quantitative estimate of drug-likeness (QED) is 0.847. The van der Waals surface area contributed by atoms with Gasteiger partial charge in [-0.05, 0) is 37.1 Å². The summed E-state index contributed by atoms with van der Waals surface area (Å²) in [5, 5.41) is 11.9. The number of carbonyl (C=O) groups excluding carboxylic acids is 1. The maximum Gasteiger partial charge on any atom is 0.269 e. The predicted octanol–water partition coefficient (Wildman–Crippen LogP) is 1.66. The van der Waals surface area contributed by atoms with Crippen LogP contribution in [-0.2, 0) is 0 Å². The van der Waals surface area contributed by atoms with Gasteiger partial charge < -0.3 is 11.1 Å². The van der Waals surface area contributed by atoms with Gasteiger partial charge >= 0.3 is 0 Å². The standard InChI is InChI=1S/C12H18N4OS/c1-2-18-9-4-3-8(7-9)14-11-6-5-10(12(13)17)15-16-11/h5-6,8-9H,2-4,7H2,1H3,(H2,13,17)(H,14,16). The second kappa shape index (κ2) is 6.04. The molecule has 1 aliphatic carbocycles. The fraction of sp³-hybridized carbons (Fsp3) is 0.583. The Hall–Kier alpha value is -1.30. The van der Waals surface area contributed by atoms with Crippen molar-refractivity contribution in [3.8, 4) is 0 Å². The van der Waals surface area contributed by atoms with E-state index < -0.39 is 5.91 Å². The lowest BCUT2D eigenvalue weighted by Crippen LogP contribution is -2.19. The molecule has 1 amide bonds. The predicted molar refractivity (Wildman–Crippen MR) is 73.7 cm³/mol. The first-order chi connectivity index (χ1) is 8.69. The van der Waals surface area contributed by atoms with Gasteiger partial charge in [-0.3, -0.25) is 4.79 Å². The molecule has 0 saturated heterocycles. The summed E-state index contributed by atoms with van der Waals surface area (Å²) in [7, 11) is 0. The van der Waals surface area contributed by atoms with Crippen LogP contribution in [0.3, 0.4) is 0 Å². The molecule has 6 heteroatoms. The summed E-state index contributed by atoms with van der Waals surface area (Å²) in [4.78, 5) is 10.9. The van der Waals surface area contributed by atoms with Crippen LogP contribution in [-0.4, -0.2) is 33.1 Å². The van der Waals surface area contributed by atoms with Crippen molar-refractivity contribution in [1.82, 2.24) is 10.2 Å². The van der Waals surface area contributed by atoms with Crippen LogP contribution in [0.15, 0.2) is 12.1 Å². The second-order valence-corrected chi connectivity index (χ2v) is 5.98. The molecule has 1 saturated carbocycles. The maximum absolute atomic E-state index is 10.9. The molecule has 2 unspecified atom stereocenters. The van der Waals surface area contributed by atoms with Crippen molar-refractivity contribution < 1.29 is 4.79 Å². The number of hydrogen-bond acceptors (Lipinski definition) is 5. The molecule has 2 atom stereocenters. The van der Waals surface area contributed by atoms with Crippen LogP contribution in [0.5, 0.6) is 0 Å². The van der Waals surface area contributed by atoms with Crippen molar-refractivity contribution in [3.05, 3.63) is 17.8 Å². The van der Waals surface area contributed by atoms with Gasteiger partial charge in [0.15, 0.2) is 5.69 Å². The molecule has 1 aromatic rings. The third-order valence-corrected chi connectivity index (χ3v) is 4.29. The fourth-order valence-corrected chi connectivity index (χ4v) is 3.35. The molecule has 3 N–H and O–H groups in total. The van der Waals surface area contributed by atoms with E-state index in [2.05, 4.69) is 22.4 Å². The highest BCUT2D eigenvalue weighted by Crippen LogP contribution is 2.31. The zero-order valence-electron chi connectivity index (χ0n) is 10.4. The number of nitrogens with two attached hydrogens (primary N) is 1. The summed E-state index contributed by atoms with van der Waals surface area (Å²) in [6.07, 6.45) is 3.58. The number of hydrogen-bond donors (Lipinski definition) is 2. The van der Waals surface area contributed by atoms with Crippen LogP contribution in [0.4, 0.5) is 5.82 Å². The monoisotopic (exact) mass is 266 g/mol. The molecule has 0 aliphatic heterocycles. The molecule has 2 rings (SSSR count). The van der Waals surface area contributed by atoms with Gasteiger partial charge in [0.1, 0.15) is 5.82 Å². The van der Waals surface area contributed by atoms with Gasteiger partial charge in [-0.2, -0.15) is 11.8 Å². The molecular formula is C12H18N4OS. The summed E-state index contributed by atoms with van der Waals surface area (Å²) in [6.45, 7) is 2.19. The van der Waals surface area contributed by atoms with E-state index in [1.165, 1.54) is 12.2 Å². The minimum Gasteiger partial charge on any atom is -0.366 e. The lowest BCUT2D eigenvalue weighted by Gasteiger charge is -2.13. The summed E-state index contributed by atoms with van der Waals surface area (Å²) >= 11 is 2.02. The average Bonchev–Trinajstić information content (AvgIpc) is 2.78. The van der Waals surface area contributed by atoms with Crippen LogP contribution in [0, 0.1) is 0 Å². The number of thioether (sulfide) groups is 1. The minimum absolute atomic E-state index is 0.200. The Kier molecular flexibility index (Phi) is 4.41. The van der Waals surface area contributed by atoms with Crippen molar-refractivity contribution in [2.24, 2.45) is 5.73 Å². The van der Waals surface area contributed by atoms with Gasteiger partial charge in [0.25, 0.3) is 5.91 Å². The molecule has 1 aromatic heterocycles. The number of amides is 1. The van der Waals surface area contributed by atoms with Crippen molar-refractivity contribution in [1.29, 1.82) is 0 Å². The van der Waals surface area contributed by atoms with E-state index in [4.69, 9.17) is 5.73 Å². The van der Waals surface area contributed by atoms with E-state index >= 15 is 0 Å². The van der Waals surface area contributed by atoms with E-state index in [1.54, 1.807) is 12.1 Å². The fourth-order valence-electron chi connectivity index (χ4n) is 2.21. The third-order valence-electron chi connectivity index (χ3n) is 3.06. The SMILES string of the molecule is CCSC1CCC(Nc2ccc(C(N)=O)nn2)C1. The van der Waals surface area contributed by atoms with Gasteiger partial charge in [0.05, 0.1) is 0 Å². The van der Waals surface area contributed by atoms with Crippen molar-refractivity contribution >= 4 is 23.5 Å². The summed E-state index contributed by atoms with van der Waals surface area (Å²) < 4.78 is 0. The maximum atomic E-state index is 10.9. The van der Waals surface area contributed by atoms with Crippen molar-refractivity contribution in [2.75, 3.05) is 11.1 Å². The van der Waals surface area contributed by atoms with Crippen molar-refractivity contribution in [2.45, 2.75) is 37.5 Å². The molecular weight excluding hydrogens is 248 g/mol. The molecule has 1 heterocycles. The Bertz CT molecular complexity index is 409. The first-order valence-corrected chi connectivity index (χ1v) is 7.25. The van der Waals surface area contributed by atoms with E-state index in [9.17, 15) is 4.79 Å². The van der Waals surface area contributed by atoms with E-state index in [0.29, 0.717) is 11.9 Å². The molecule has 18 heavy (non-hydrogen) atoms. The Morgan fingerprint density at radius 3 is 2.94 bits per heavy atom. The summed E-state index contributed by atoms with van der Waals surface area (Å²) in [5.41, 5.74) is 5.31. The zero-order valence-corrected chi connectivity index (χ0v) is 11.2. The molecule has 5 nitrogen and oxygen atoms in total.